The average molecular weight is 302 g/mol. The molecule has 2 aromatic rings. The van der Waals surface area contributed by atoms with Crippen molar-refractivity contribution in [3.63, 3.8) is 0 Å². The number of anilines is 1. The SMILES string of the molecule is Cn1ccnc1-c1cccc(NC(=O)NCCCC(=O)O)c1. The third-order valence-electron chi connectivity index (χ3n) is 3.05. The Morgan fingerprint density at radius 1 is 1.36 bits per heavy atom. The van der Waals surface area contributed by atoms with E-state index in [1.165, 1.54) is 0 Å². The third-order valence-corrected chi connectivity index (χ3v) is 3.05. The van der Waals surface area contributed by atoms with Crippen molar-refractivity contribution < 1.29 is 14.7 Å². The van der Waals surface area contributed by atoms with Gasteiger partial charge in [0.25, 0.3) is 0 Å². The van der Waals surface area contributed by atoms with Crippen LogP contribution in [-0.2, 0) is 11.8 Å². The number of amides is 2. The van der Waals surface area contributed by atoms with Crippen molar-refractivity contribution in [3.8, 4) is 11.4 Å². The van der Waals surface area contributed by atoms with E-state index in [-0.39, 0.29) is 12.5 Å². The predicted molar refractivity (Wildman–Crippen MR) is 82.5 cm³/mol. The van der Waals surface area contributed by atoms with E-state index in [2.05, 4.69) is 15.6 Å². The van der Waals surface area contributed by atoms with Crippen molar-refractivity contribution in [2.45, 2.75) is 12.8 Å². The molecule has 0 bridgehead atoms. The van der Waals surface area contributed by atoms with Gasteiger partial charge in [-0.25, -0.2) is 9.78 Å². The molecule has 1 aromatic carbocycles. The maximum absolute atomic E-state index is 11.7. The van der Waals surface area contributed by atoms with Gasteiger partial charge in [0.05, 0.1) is 0 Å². The van der Waals surface area contributed by atoms with Gasteiger partial charge in [-0.3, -0.25) is 4.79 Å². The molecular weight excluding hydrogens is 284 g/mol. The van der Waals surface area contributed by atoms with E-state index in [0.29, 0.717) is 18.7 Å². The standard InChI is InChI=1S/C15H18N4O3/c1-19-9-8-16-14(19)11-4-2-5-12(10-11)18-15(22)17-7-3-6-13(20)21/h2,4-5,8-10H,3,6-7H2,1H3,(H,20,21)(H2,17,18,22). The fraction of sp³-hybridized carbons (Fsp3) is 0.267. The van der Waals surface area contributed by atoms with Crippen LogP contribution in [0.5, 0.6) is 0 Å². The van der Waals surface area contributed by atoms with Crippen LogP contribution in [0.15, 0.2) is 36.7 Å². The van der Waals surface area contributed by atoms with Crippen LogP contribution in [0.2, 0.25) is 0 Å². The first-order chi connectivity index (χ1) is 10.6. The molecule has 0 aliphatic rings. The summed E-state index contributed by atoms with van der Waals surface area (Å²) >= 11 is 0. The molecule has 2 amide bonds. The smallest absolute Gasteiger partial charge is 0.319 e. The molecule has 0 aliphatic carbocycles. The number of nitrogens with zero attached hydrogens (tertiary/aromatic N) is 2. The van der Waals surface area contributed by atoms with Crippen LogP contribution >= 0.6 is 0 Å². The Morgan fingerprint density at radius 2 is 2.18 bits per heavy atom. The molecule has 0 radical (unpaired) electrons. The van der Waals surface area contributed by atoms with Gasteiger partial charge in [-0.15, -0.1) is 0 Å². The molecule has 0 saturated carbocycles. The second-order valence-electron chi connectivity index (χ2n) is 4.82. The first kappa shape index (κ1) is 15.6. The first-order valence-electron chi connectivity index (χ1n) is 6.90. The number of aryl methyl sites for hydroxylation is 1. The second-order valence-corrected chi connectivity index (χ2v) is 4.82. The zero-order chi connectivity index (χ0) is 15.9. The normalized spacial score (nSPS) is 10.2. The lowest BCUT2D eigenvalue weighted by molar-refractivity contribution is -0.137. The summed E-state index contributed by atoms with van der Waals surface area (Å²) in [4.78, 5) is 26.4. The van der Waals surface area contributed by atoms with Gasteiger partial charge in [-0.2, -0.15) is 0 Å². The van der Waals surface area contributed by atoms with Crippen LogP contribution in [0.25, 0.3) is 11.4 Å². The molecule has 3 N–H and O–H groups in total. The molecule has 7 heteroatoms. The summed E-state index contributed by atoms with van der Waals surface area (Å²) in [7, 11) is 1.90. The zero-order valence-corrected chi connectivity index (χ0v) is 12.2. The van der Waals surface area contributed by atoms with Crippen LogP contribution < -0.4 is 10.6 Å². The quantitative estimate of drug-likeness (QED) is 0.712. The molecule has 0 spiro atoms. The second kappa shape index (κ2) is 7.26. The number of hydrogen-bond acceptors (Lipinski definition) is 3. The minimum Gasteiger partial charge on any atom is -0.481 e. The van der Waals surface area contributed by atoms with Crippen molar-refractivity contribution in [2.24, 2.45) is 7.05 Å². The van der Waals surface area contributed by atoms with Gasteiger partial charge >= 0.3 is 12.0 Å². The molecule has 7 nitrogen and oxygen atoms in total. The van der Waals surface area contributed by atoms with E-state index in [0.717, 1.165) is 11.4 Å². The number of hydrogen-bond donors (Lipinski definition) is 3. The number of urea groups is 1. The minimum atomic E-state index is -0.870. The summed E-state index contributed by atoms with van der Waals surface area (Å²) in [6.45, 7) is 0.317. The Balaban J connectivity index is 1.92. The third kappa shape index (κ3) is 4.34. The molecule has 1 heterocycles. The Bertz CT molecular complexity index is 666. The Morgan fingerprint density at radius 3 is 2.86 bits per heavy atom. The number of aliphatic carboxylic acids is 1. The summed E-state index contributed by atoms with van der Waals surface area (Å²) in [5, 5.41) is 13.9. The van der Waals surface area contributed by atoms with E-state index in [9.17, 15) is 9.59 Å². The largest absolute Gasteiger partial charge is 0.481 e. The number of rotatable bonds is 6. The molecule has 0 saturated heterocycles. The lowest BCUT2D eigenvalue weighted by Gasteiger charge is -2.09. The van der Waals surface area contributed by atoms with Gasteiger partial charge in [0, 0.05) is 43.7 Å². The topological polar surface area (TPSA) is 96.3 Å². The molecular formula is C15H18N4O3. The number of carbonyl (C=O) groups excluding carboxylic acids is 1. The maximum Gasteiger partial charge on any atom is 0.319 e. The van der Waals surface area contributed by atoms with Gasteiger partial charge in [0.2, 0.25) is 0 Å². The Kier molecular flexibility index (Phi) is 5.13. The molecule has 0 atom stereocenters. The minimum absolute atomic E-state index is 0.0366. The summed E-state index contributed by atoms with van der Waals surface area (Å²) < 4.78 is 1.89. The van der Waals surface area contributed by atoms with Crippen LogP contribution in [0.1, 0.15) is 12.8 Å². The van der Waals surface area contributed by atoms with E-state index in [4.69, 9.17) is 5.11 Å². The van der Waals surface area contributed by atoms with Gasteiger partial charge in [-0.05, 0) is 18.6 Å². The summed E-state index contributed by atoms with van der Waals surface area (Å²) in [5.74, 6) is -0.0597. The van der Waals surface area contributed by atoms with Crippen molar-refractivity contribution in [2.75, 3.05) is 11.9 Å². The highest BCUT2D eigenvalue weighted by molar-refractivity contribution is 5.89. The highest BCUT2D eigenvalue weighted by Gasteiger charge is 2.06. The molecule has 2 rings (SSSR count). The molecule has 0 aliphatic heterocycles. The van der Waals surface area contributed by atoms with E-state index in [1.807, 2.05) is 36.0 Å². The molecule has 116 valence electrons. The Labute approximate surface area is 128 Å². The van der Waals surface area contributed by atoms with Gasteiger partial charge in [-0.1, -0.05) is 12.1 Å². The van der Waals surface area contributed by atoms with Crippen molar-refractivity contribution in [1.29, 1.82) is 0 Å². The van der Waals surface area contributed by atoms with Crippen LogP contribution in [0.3, 0.4) is 0 Å². The molecule has 1 aromatic heterocycles. The van der Waals surface area contributed by atoms with Crippen LogP contribution in [0, 0.1) is 0 Å². The average Bonchev–Trinajstić information content (AvgIpc) is 2.90. The molecule has 0 fully saturated rings. The Hall–Kier alpha value is -2.83. The maximum atomic E-state index is 11.7. The summed E-state index contributed by atoms with van der Waals surface area (Å²) in [6, 6.07) is 7.01. The highest BCUT2D eigenvalue weighted by atomic mass is 16.4. The van der Waals surface area contributed by atoms with E-state index in [1.54, 1.807) is 12.3 Å². The fourth-order valence-electron chi connectivity index (χ4n) is 2.00. The number of benzene rings is 1. The number of nitrogens with one attached hydrogen (secondary N) is 2. The lowest BCUT2D eigenvalue weighted by Crippen LogP contribution is -2.29. The predicted octanol–water partition coefficient (Wildman–Crippen LogP) is 2.07. The van der Waals surface area contributed by atoms with Crippen LogP contribution in [-0.4, -0.2) is 33.2 Å². The van der Waals surface area contributed by atoms with Gasteiger partial charge in [0.1, 0.15) is 5.82 Å². The number of carbonyl (C=O) groups is 2. The van der Waals surface area contributed by atoms with E-state index >= 15 is 0 Å². The van der Waals surface area contributed by atoms with E-state index < -0.39 is 5.97 Å². The lowest BCUT2D eigenvalue weighted by atomic mass is 10.2. The zero-order valence-electron chi connectivity index (χ0n) is 12.2. The highest BCUT2D eigenvalue weighted by Crippen LogP contribution is 2.20. The van der Waals surface area contributed by atoms with Crippen molar-refractivity contribution in [3.05, 3.63) is 36.7 Å². The number of imidazole rings is 1. The monoisotopic (exact) mass is 302 g/mol. The molecule has 0 unspecified atom stereocenters. The number of carboxylic acids is 1. The summed E-state index contributed by atoms with van der Waals surface area (Å²) in [6.07, 6.45) is 4.00. The summed E-state index contributed by atoms with van der Waals surface area (Å²) in [5.41, 5.74) is 1.55. The first-order valence-corrected chi connectivity index (χ1v) is 6.90. The number of carboxylic acid groups (broad SMARTS) is 1. The van der Waals surface area contributed by atoms with Crippen LogP contribution in [0.4, 0.5) is 10.5 Å². The van der Waals surface area contributed by atoms with Gasteiger partial charge < -0.3 is 20.3 Å². The fourth-order valence-corrected chi connectivity index (χ4v) is 2.00. The van der Waals surface area contributed by atoms with Gasteiger partial charge in [0.15, 0.2) is 0 Å². The molecule has 22 heavy (non-hydrogen) atoms. The number of aromatic nitrogens is 2. The van der Waals surface area contributed by atoms with Crippen molar-refractivity contribution >= 4 is 17.7 Å². The van der Waals surface area contributed by atoms with Crippen molar-refractivity contribution in [1.82, 2.24) is 14.9 Å².